The molecule has 1 aromatic carbocycles. The highest BCUT2D eigenvalue weighted by atomic mass is 14.3. The van der Waals surface area contributed by atoms with E-state index in [0.29, 0.717) is 0 Å². The first kappa shape index (κ1) is 9.76. The number of benzene rings is 1. The van der Waals surface area contributed by atoms with Crippen LogP contribution in [0.4, 0.5) is 0 Å². The fourth-order valence-electron chi connectivity index (χ4n) is 2.54. The van der Waals surface area contributed by atoms with Gasteiger partial charge < -0.3 is 0 Å². The summed E-state index contributed by atoms with van der Waals surface area (Å²) >= 11 is 0. The number of rotatable bonds is 2. The second-order valence-electron chi connectivity index (χ2n) is 4.66. The van der Waals surface area contributed by atoms with Gasteiger partial charge in [0, 0.05) is 0 Å². The van der Waals surface area contributed by atoms with E-state index in [4.69, 9.17) is 0 Å². The summed E-state index contributed by atoms with van der Waals surface area (Å²) in [6.45, 7) is 4.71. The Morgan fingerprint density at radius 2 is 2.00 bits per heavy atom. The summed E-state index contributed by atoms with van der Waals surface area (Å²) in [6, 6.07) is 8.95. The van der Waals surface area contributed by atoms with E-state index in [0.717, 1.165) is 11.8 Å². The van der Waals surface area contributed by atoms with Crippen LogP contribution in [-0.4, -0.2) is 0 Å². The molecule has 1 aliphatic rings. The number of hydrogen-bond donors (Lipinski definition) is 0. The molecule has 1 aromatic rings. The highest BCUT2D eigenvalue weighted by molar-refractivity contribution is 5.29. The van der Waals surface area contributed by atoms with Gasteiger partial charge in [-0.25, -0.2) is 0 Å². The van der Waals surface area contributed by atoms with Crippen molar-refractivity contribution >= 4 is 0 Å². The van der Waals surface area contributed by atoms with Crippen molar-refractivity contribution in [2.75, 3.05) is 0 Å². The number of aryl methyl sites for hydroxylation is 1. The third kappa shape index (κ3) is 1.84. The molecule has 0 radical (unpaired) electrons. The summed E-state index contributed by atoms with van der Waals surface area (Å²) in [6.07, 6.45) is 5.33. The lowest BCUT2D eigenvalue weighted by molar-refractivity contribution is 0.313. The van der Waals surface area contributed by atoms with Crippen LogP contribution in [-0.2, 0) is 12.8 Å². The predicted octanol–water partition coefficient (Wildman–Crippen LogP) is 3.84. The van der Waals surface area contributed by atoms with Crippen LogP contribution in [0.2, 0.25) is 0 Å². The molecule has 0 nitrogen and oxygen atoms in total. The van der Waals surface area contributed by atoms with Crippen molar-refractivity contribution in [1.82, 2.24) is 0 Å². The van der Waals surface area contributed by atoms with Crippen LogP contribution in [0, 0.1) is 11.8 Å². The van der Waals surface area contributed by atoms with Gasteiger partial charge in [-0.15, -0.1) is 0 Å². The van der Waals surface area contributed by atoms with Crippen LogP contribution in [0.3, 0.4) is 0 Å². The molecule has 0 saturated heterocycles. The second kappa shape index (κ2) is 4.16. The standard InChI is InChI=1S/C14H20/c1-3-11(2)13-9-8-12-6-4-5-7-14(12)10-13/h4-7,11,13H,3,8-10H2,1-2H3. The van der Waals surface area contributed by atoms with Crippen LogP contribution < -0.4 is 0 Å². The molecule has 0 aromatic heterocycles. The van der Waals surface area contributed by atoms with Gasteiger partial charge in [-0.1, -0.05) is 44.5 Å². The van der Waals surface area contributed by atoms with Crippen LogP contribution in [0.5, 0.6) is 0 Å². The molecule has 0 aliphatic heterocycles. The van der Waals surface area contributed by atoms with Crippen molar-refractivity contribution < 1.29 is 0 Å². The van der Waals surface area contributed by atoms with Gasteiger partial charge in [-0.2, -0.15) is 0 Å². The zero-order valence-corrected chi connectivity index (χ0v) is 9.29. The Labute approximate surface area is 87.3 Å². The molecular formula is C14H20. The lowest BCUT2D eigenvalue weighted by Crippen LogP contribution is -2.20. The minimum Gasteiger partial charge on any atom is -0.0651 e. The van der Waals surface area contributed by atoms with Gasteiger partial charge in [0.05, 0.1) is 0 Å². The minimum absolute atomic E-state index is 0.892. The molecule has 0 bridgehead atoms. The summed E-state index contributed by atoms with van der Waals surface area (Å²) in [5.41, 5.74) is 3.19. The Kier molecular flexibility index (Phi) is 2.90. The molecular weight excluding hydrogens is 168 g/mol. The van der Waals surface area contributed by atoms with Crippen molar-refractivity contribution in [2.24, 2.45) is 11.8 Å². The van der Waals surface area contributed by atoms with Crippen molar-refractivity contribution in [3.8, 4) is 0 Å². The minimum atomic E-state index is 0.892. The smallest absolute Gasteiger partial charge is 0.0245 e. The number of hydrogen-bond acceptors (Lipinski definition) is 0. The van der Waals surface area contributed by atoms with E-state index in [-0.39, 0.29) is 0 Å². The van der Waals surface area contributed by atoms with Crippen LogP contribution >= 0.6 is 0 Å². The molecule has 0 N–H and O–H groups in total. The van der Waals surface area contributed by atoms with Crippen molar-refractivity contribution in [2.45, 2.75) is 39.5 Å². The summed E-state index contributed by atoms with van der Waals surface area (Å²) in [7, 11) is 0. The topological polar surface area (TPSA) is 0 Å². The lowest BCUT2D eigenvalue weighted by atomic mass is 9.77. The summed E-state index contributed by atoms with van der Waals surface area (Å²) in [5, 5.41) is 0. The van der Waals surface area contributed by atoms with E-state index in [1.807, 2.05) is 0 Å². The highest BCUT2D eigenvalue weighted by Gasteiger charge is 2.21. The molecule has 0 heterocycles. The number of fused-ring (bicyclic) bond motifs is 1. The van der Waals surface area contributed by atoms with Crippen molar-refractivity contribution in [3.05, 3.63) is 35.4 Å². The molecule has 1 aliphatic carbocycles. The third-order valence-corrected chi connectivity index (χ3v) is 3.83. The first-order valence-corrected chi connectivity index (χ1v) is 5.88. The van der Waals surface area contributed by atoms with Gasteiger partial charge in [0.2, 0.25) is 0 Å². The molecule has 2 unspecified atom stereocenters. The van der Waals surface area contributed by atoms with Gasteiger partial charge in [0.25, 0.3) is 0 Å². The van der Waals surface area contributed by atoms with E-state index < -0.39 is 0 Å². The van der Waals surface area contributed by atoms with Crippen molar-refractivity contribution in [1.29, 1.82) is 0 Å². The van der Waals surface area contributed by atoms with Gasteiger partial charge in [0.1, 0.15) is 0 Å². The maximum Gasteiger partial charge on any atom is -0.0245 e. The summed E-state index contributed by atoms with van der Waals surface area (Å²) < 4.78 is 0. The molecule has 0 saturated carbocycles. The van der Waals surface area contributed by atoms with Gasteiger partial charge >= 0.3 is 0 Å². The van der Waals surface area contributed by atoms with Crippen LogP contribution in [0.25, 0.3) is 0 Å². The largest absolute Gasteiger partial charge is 0.0651 e. The fourth-order valence-corrected chi connectivity index (χ4v) is 2.54. The summed E-state index contributed by atoms with van der Waals surface area (Å²) in [4.78, 5) is 0. The van der Waals surface area contributed by atoms with E-state index in [1.165, 1.54) is 25.7 Å². The Hall–Kier alpha value is -0.780. The van der Waals surface area contributed by atoms with Crippen LogP contribution in [0.15, 0.2) is 24.3 Å². The molecule has 0 heteroatoms. The van der Waals surface area contributed by atoms with Gasteiger partial charge in [-0.05, 0) is 42.2 Å². The lowest BCUT2D eigenvalue weighted by Gasteiger charge is -2.28. The first-order valence-electron chi connectivity index (χ1n) is 5.88. The normalized spacial score (nSPS) is 22.9. The Morgan fingerprint density at radius 3 is 2.71 bits per heavy atom. The zero-order chi connectivity index (χ0) is 9.97. The zero-order valence-electron chi connectivity index (χ0n) is 9.29. The maximum atomic E-state index is 2.40. The molecule has 2 rings (SSSR count). The first-order chi connectivity index (χ1) is 6.81. The van der Waals surface area contributed by atoms with Gasteiger partial charge in [0.15, 0.2) is 0 Å². The van der Waals surface area contributed by atoms with E-state index >= 15 is 0 Å². The molecule has 0 amide bonds. The van der Waals surface area contributed by atoms with Gasteiger partial charge in [-0.3, -0.25) is 0 Å². The SMILES string of the molecule is CCC(C)C1CCc2ccccc2C1. The Bertz CT molecular complexity index is 301. The van der Waals surface area contributed by atoms with Crippen LogP contribution in [0.1, 0.15) is 37.8 Å². The average Bonchev–Trinajstić information content (AvgIpc) is 2.27. The monoisotopic (exact) mass is 188 g/mol. The molecule has 0 spiro atoms. The predicted molar refractivity (Wildman–Crippen MR) is 61.4 cm³/mol. The Morgan fingerprint density at radius 1 is 1.29 bits per heavy atom. The highest BCUT2D eigenvalue weighted by Crippen LogP contribution is 2.31. The van der Waals surface area contributed by atoms with Crippen molar-refractivity contribution in [3.63, 3.8) is 0 Å². The molecule has 2 atom stereocenters. The molecule has 14 heavy (non-hydrogen) atoms. The fraction of sp³-hybridized carbons (Fsp3) is 0.571. The van der Waals surface area contributed by atoms with E-state index in [9.17, 15) is 0 Å². The molecule has 0 fully saturated rings. The summed E-state index contributed by atoms with van der Waals surface area (Å²) in [5.74, 6) is 1.82. The third-order valence-electron chi connectivity index (χ3n) is 3.83. The quantitative estimate of drug-likeness (QED) is 0.661. The Balaban J connectivity index is 2.13. The molecule has 76 valence electrons. The second-order valence-corrected chi connectivity index (χ2v) is 4.66. The van der Waals surface area contributed by atoms with E-state index in [1.54, 1.807) is 11.1 Å². The maximum absolute atomic E-state index is 2.40. The van der Waals surface area contributed by atoms with E-state index in [2.05, 4.69) is 38.1 Å². The average molecular weight is 188 g/mol.